The van der Waals surface area contributed by atoms with Gasteiger partial charge in [0.25, 0.3) is 0 Å². The van der Waals surface area contributed by atoms with E-state index in [1.807, 2.05) is 36.4 Å². The van der Waals surface area contributed by atoms with Crippen molar-refractivity contribution in [2.75, 3.05) is 0 Å². The normalized spacial score (nSPS) is 10.8. The van der Waals surface area contributed by atoms with Gasteiger partial charge in [0.2, 0.25) is 0 Å². The number of carbonyl (C=O) groups is 1. The number of H-pyrrole nitrogens is 1. The number of aromatic amines is 1. The van der Waals surface area contributed by atoms with Crippen molar-refractivity contribution in [3.8, 4) is 11.5 Å². The lowest BCUT2D eigenvalue weighted by molar-refractivity contribution is -0.116. The first-order valence-corrected chi connectivity index (χ1v) is 6.12. The third-order valence-corrected chi connectivity index (χ3v) is 2.91. The largest absolute Gasteiger partial charge is 0.337 e. The Bertz CT molecular complexity index is 731. The monoisotopic (exact) mass is 251 g/mol. The lowest BCUT2D eigenvalue weighted by Gasteiger charge is -1.96. The number of benzene rings is 1. The molecule has 0 bridgehead atoms. The zero-order valence-corrected chi connectivity index (χ0v) is 10.6. The number of fused-ring (bicyclic) bond motifs is 1. The molecule has 4 heteroatoms. The number of imidazole rings is 1. The number of hydrogen-bond donors (Lipinski definition) is 1. The predicted octanol–water partition coefficient (Wildman–Crippen LogP) is 2.76. The predicted molar refractivity (Wildman–Crippen MR) is 73.7 cm³/mol. The van der Waals surface area contributed by atoms with Crippen molar-refractivity contribution in [2.45, 2.75) is 13.3 Å². The van der Waals surface area contributed by atoms with Gasteiger partial charge in [-0.3, -0.25) is 9.78 Å². The highest BCUT2D eigenvalue weighted by atomic mass is 16.1. The SMILES string of the molecule is CC(=O)Cc1ccc2nc(-c3ccccn3)[nH]c2c1. The van der Waals surface area contributed by atoms with E-state index in [4.69, 9.17) is 0 Å². The van der Waals surface area contributed by atoms with E-state index in [1.54, 1.807) is 13.1 Å². The summed E-state index contributed by atoms with van der Waals surface area (Å²) in [6, 6.07) is 11.5. The second-order valence-corrected chi connectivity index (χ2v) is 4.53. The summed E-state index contributed by atoms with van der Waals surface area (Å²) in [7, 11) is 0. The van der Waals surface area contributed by atoms with Gasteiger partial charge < -0.3 is 4.98 Å². The molecule has 2 heterocycles. The van der Waals surface area contributed by atoms with Crippen LogP contribution in [0.3, 0.4) is 0 Å². The summed E-state index contributed by atoms with van der Waals surface area (Å²) in [6.07, 6.45) is 2.19. The maximum absolute atomic E-state index is 11.1. The zero-order valence-electron chi connectivity index (χ0n) is 10.6. The molecule has 1 N–H and O–H groups in total. The van der Waals surface area contributed by atoms with Crippen LogP contribution in [0.25, 0.3) is 22.6 Å². The van der Waals surface area contributed by atoms with Crippen LogP contribution in [0.15, 0.2) is 42.6 Å². The third-order valence-electron chi connectivity index (χ3n) is 2.91. The Balaban J connectivity index is 2.04. The number of aromatic nitrogens is 3. The van der Waals surface area contributed by atoms with Gasteiger partial charge >= 0.3 is 0 Å². The van der Waals surface area contributed by atoms with Gasteiger partial charge in [0, 0.05) is 12.6 Å². The van der Waals surface area contributed by atoms with Gasteiger partial charge in [-0.2, -0.15) is 0 Å². The van der Waals surface area contributed by atoms with Gasteiger partial charge in [0.05, 0.1) is 11.0 Å². The fraction of sp³-hybridized carbons (Fsp3) is 0.133. The van der Waals surface area contributed by atoms with Crippen molar-refractivity contribution in [2.24, 2.45) is 0 Å². The Morgan fingerprint density at radius 1 is 1.26 bits per heavy atom. The van der Waals surface area contributed by atoms with Crippen LogP contribution in [0.1, 0.15) is 12.5 Å². The summed E-state index contributed by atoms with van der Waals surface area (Å²) < 4.78 is 0. The number of nitrogens with zero attached hydrogens (tertiary/aromatic N) is 2. The molecule has 4 nitrogen and oxygen atoms in total. The standard InChI is InChI=1S/C15H13N3O/c1-10(19)8-11-5-6-12-14(9-11)18-15(17-12)13-4-2-3-7-16-13/h2-7,9H,8H2,1H3,(H,17,18). The van der Waals surface area contributed by atoms with Crippen molar-refractivity contribution in [3.63, 3.8) is 0 Å². The van der Waals surface area contributed by atoms with Crippen LogP contribution in [0.4, 0.5) is 0 Å². The number of hydrogen-bond acceptors (Lipinski definition) is 3. The molecular weight excluding hydrogens is 238 g/mol. The smallest absolute Gasteiger partial charge is 0.157 e. The number of pyridine rings is 1. The highest BCUT2D eigenvalue weighted by molar-refractivity contribution is 5.82. The molecule has 19 heavy (non-hydrogen) atoms. The van der Waals surface area contributed by atoms with Crippen molar-refractivity contribution < 1.29 is 4.79 Å². The second-order valence-electron chi connectivity index (χ2n) is 4.53. The van der Waals surface area contributed by atoms with Gasteiger partial charge in [-0.15, -0.1) is 0 Å². The Kier molecular flexibility index (Phi) is 2.83. The minimum Gasteiger partial charge on any atom is -0.337 e. The molecule has 2 aromatic heterocycles. The van der Waals surface area contributed by atoms with E-state index >= 15 is 0 Å². The summed E-state index contributed by atoms with van der Waals surface area (Å²) >= 11 is 0. The van der Waals surface area contributed by atoms with Crippen molar-refractivity contribution >= 4 is 16.8 Å². The molecule has 0 unspecified atom stereocenters. The average Bonchev–Trinajstić information content (AvgIpc) is 2.82. The summed E-state index contributed by atoms with van der Waals surface area (Å²) in [5, 5.41) is 0. The maximum Gasteiger partial charge on any atom is 0.157 e. The molecule has 0 radical (unpaired) electrons. The number of rotatable bonds is 3. The average molecular weight is 251 g/mol. The fourth-order valence-corrected chi connectivity index (χ4v) is 2.08. The number of carbonyl (C=O) groups excluding carboxylic acids is 1. The van der Waals surface area contributed by atoms with E-state index in [9.17, 15) is 4.79 Å². The van der Waals surface area contributed by atoms with Gasteiger partial charge in [-0.05, 0) is 36.8 Å². The van der Waals surface area contributed by atoms with Crippen molar-refractivity contribution in [3.05, 3.63) is 48.2 Å². The molecule has 0 aliphatic rings. The van der Waals surface area contributed by atoms with Gasteiger partial charge in [-0.25, -0.2) is 4.98 Å². The van der Waals surface area contributed by atoms with E-state index in [2.05, 4.69) is 15.0 Å². The second kappa shape index (κ2) is 4.65. The topological polar surface area (TPSA) is 58.6 Å². The Hall–Kier alpha value is -2.49. The first-order valence-electron chi connectivity index (χ1n) is 6.12. The highest BCUT2D eigenvalue weighted by Gasteiger charge is 2.07. The van der Waals surface area contributed by atoms with Crippen LogP contribution >= 0.6 is 0 Å². The van der Waals surface area contributed by atoms with Crippen LogP contribution in [-0.2, 0) is 11.2 Å². The number of Topliss-reactive ketones (excluding diaryl/α,β-unsaturated/α-hetero) is 1. The number of ketones is 1. The quantitative estimate of drug-likeness (QED) is 0.778. The van der Waals surface area contributed by atoms with Crippen LogP contribution in [0.5, 0.6) is 0 Å². The van der Waals surface area contributed by atoms with E-state index in [-0.39, 0.29) is 5.78 Å². The molecule has 0 saturated heterocycles. The Labute approximate surface area is 110 Å². The minimum absolute atomic E-state index is 0.156. The fourth-order valence-electron chi connectivity index (χ4n) is 2.08. The van der Waals surface area contributed by atoms with Crippen LogP contribution < -0.4 is 0 Å². The molecule has 0 fully saturated rings. The summed E-state index contributed by atoms with van der Waals surface area (Å²) in [5.41, 5.74) is 3.62. The first-order chi connectivity index (χ1) is 9.22. The molecule has 1 aromatic carbocycles. The Morgan fingerprint density at radius 3 is 2.89 bits per heavy atom. The number of nitrogens with one attached hydrogen (secondary N) is 1. The van der Waals surface area contributed by atoms with Crippen LogP contribution in [0, 0.1) is 0 Å². The lowest BCUT2D eigenvalue weighted by Crippen LogP contribution is -1.95. The van der Waals surface area contributed by atoms with E-state index in [0.717, 1.165) is 28.1 Å². The van der Waals surface area contributed by atoms with E-state index in [1.165, 1.54) is 0 Å². The molecular formula is C15H13N3O. The zero-order chi connectivity index (χ0) is 13.2. The van der Waals surface area contributed by atoms with Gasteiger partial charge in [0.15, 0.2) is 5.82 Å². The molecule has 3 rings (SSSR count). The lowest BCUT2D eigenvalue weighted by atomic mass is 10.1. The maximum atomic E-state index is 11.1. The van der Waals surface area contributed by atoms with Crippen molar-refractivity contribution in [1.82, 2.24) is 15.0 Å². The van der Waals surface area contributed by atoms with Crippen molar-refractivity contribution in [1.29, 1.82) is 0 Å². The molecule has 0 amide bonds. The molecule has 0 saturated carbocycles. The molecule has 0 aliphatic carbocycles. The Morgan fingerprint density at radius 2 is 2.16 bits per heavy atom. The van der Waals surface area contributed by atoms with Gasteiger partial charge in [-0.1, -0.05) is 12.1 Å². The summed E-state index contributed by atoms with van der Waals surface area (Å²) in [6.45, 7) is 1.59. The molecule has 0 atom stereocenters. The first kappa shape index (κ1) is 11.6. The molecule has 0 aliphatic heterocycles. The summed E-state index contributed by atoms with van der Waals surface area (Å²) in [4.78, 5) is 23.1. The highest BCUT2D eigenvalue weighted by Crippen LogP contribution is 2.19. The van der Waals surface area contributed by atoms with Gasteiger partial charge in [0.1, 0.15) is 11.5 Å². The molecule has 3 aromatic rings. The molecule has 0 spiro atoms. The summed E-state index contributed by atoms with van der Waals surface area (Å²) in [5.74, 6) is 0.902. The van der Waals surface area contributed by atoms with E-state index in [0.29, 0.717) is 6.42 Å². The minimum atomic E-state index is 0.156. The van der Waals surface area contributed by atoms with E-state index < -0.39 is 0 Å². The van der Waals surface area contributed by atoms with Crippen LogP contribution in [-0.4, -0.2) is 20.7 Å². The third kappa shape index (κ3) is 2.38. The van der Waals surface area contributed by atoms with Crippen LogP contribution in [0.2, 0.25) is 0 Å². The molecule has 94 valence electrons.